The SMILES string of the molecule is COCCOCCN1CCCNC(C(C)C)C1. The van der Waals surface area contributed by atoms with Gasteiger partial charge in [-0.2, -0.15) is 0 Å². The van der Waals surface area contributed by atoms with Crippen LogP contribution in [0.15, 0.2) is 0 Å². The van der Waals surface area contributed by atoms with E-state index in [1.807, 2.05) is 0 Å². The lowest BCUT2D eigenvalue weighted by molar-refractivity contribution is 0.0562. The van der Waals surface area contributed by atoms with E-state index in [9.17, 15) is 0 Å². The van der Waals surface area contributed by atoms with Crippen molar-refractivity contribution in [1.29, 1.82) is 0 Å². The largest absolute Gasteiger partial charge is 0.382 e. The van der Waals surface area contributed by atoms with Crippen molar-refractivity contribution in [3.05, 3.63) is 0 Å². The highest BCUT2D eigenvalue weighted by Gasteiger charge is 2.19. The van der Waals surface area contributed by atoms with Gasteiger partial charge < -0.3 is 14.8 Å². The highest BCUT2D eigenvalue weighted by atomic mass is 16.5. The Morgan fingerprint density at radius 2 is 2.12 bits per heavy atom. The van der Waals surface area contributed by atoms with Gasteiger partial charge >= 0.3 is 0 Å². The third-order valence-corrected chi connectivity index (χ3v) is 3.30. The topological polar surface area (TPSA) is 33.7 Å². The molecule has 0 spiro atoms. The zero-order valence-corrected chi connectivity index (χ0v) is 11.6. The van der Waals surface area contributed by atoms with E-state index in [4.69, 9.17) is 9.47 Å². The number of rotatable bonds is 7. The lowest BCUT2D eigenvalue weighted by atomic mass is 10.0. The van der Waals surface area contributed by atoms with Gasteiger partial charge in [-0.05, 0) is 25.4 Å². The molecule has 0 aliphatic carbocycles. The van der Waals surface area contributed by atoms with Crippen molar-refractivity contribution in [2.24, 2.45) is 5.92 Å². The third kappa shape index (κ3) is 6.36. The molecule has 1 aliphatic rings. The normalized spacial score (nSPS) is 22.9. The Morgan fingerprint density at radius 3 is 2.82 bits per heavy atom. The maximum atomic E-state index is 5.53. The molecule has 0 aromatic heterocycles. The monoisotopic (exact) mass is 244 g/mol. The summed E-state index contributed by atoms with van der Waals surface area (Å²) in [4.78, 5) is 2.51. The molecule has 0 bridgehead atoms. The maximum Gasteiger partial charge on any atom is 0.0700 e. The zero-order chi connectivity index (χ0) is 12.5. The molecule has 1 saturated heterocycles. The predicted molar refractivity (Wildman–Crippen MR) is 70.4 cm³/mol. The fourth-order valence-corrected chi connectivity index (χ4v) is 2.11. The van der Waals surface area contributed by atoms with Crippen molar-refractivity contribution in [3.8, 4) is 0 Å². The summed E-state index contributed by atoms with van der Waals surface area (Å²) in [7, 11) is 1.71. The van der Waals surface area contributed by atoms with Gasteiger partial charge in [0.2, 0.25) is 0 Å². The molecule has 4 nitrogen and oxygen atoms in total. The third-order valence-electron chi connectivity index (χ3n) is 3.30. The summed E-state index contributed by atoms with van der Waals surface area (Å²) in [6, 6.07) is 0.622. The van der Waals surface area contributed by atoms with E-state index in [1.165, 1.54) is 13.0 Å². The van der Waals surface area contributed by atoms with Gasteiger partial charge in [0.15, 0.2) is 0 Å². The van der Waals surface area contributed by atoms with Crippen LogP contribution in [0.3, 0.4) is 0 Å². The first-order chi connectivity index (χ1) is 8.24. The summed E-state index contributed by atoms with van der Waals surface area (Å²) in [6.07, 6.45) is 1.24. The Balaban J connectivity index is 2.17. The van der Waals surface area contributed by atoms with E-state index in [2.05, 4.69) is 24.1 Å². The summed E-state index contributed by atoms with van der Waals surface area (Å²) < 4.78 is 10.5. The quantitative estimate of drug-likeness (QED) is 0.677. The minimum Gasteiger partial charge on any atom is -0.382 e. The standard InChI is InChI=1S/C13H28N2O2/c1-12(2)13-11-15(6-4-5-14-13)7-8-17-10-9-16-3/h12-14H,4-11H2,1-3H3. The van der Waals surface area contributed by atoms with Crippen molar-refractivity contribution in [2.45, 2.75) is 26.3 Å². The number of hydrogen-bond acceptors (Lipinski definition) is 4. The Morgan fingerprint density at radius 1 is 1.29 bits per heavy atom. The second-order valence-corrected chi connectivity index (χ2v) is 5.06. The van der Waals surface area contributed by atoms with Crippen LogP contribution >= 0.6 is 0 Å². The molecule has 0 aromatic rings. The Kier molecular flexibility index (Phi) is 7.77. The average Bonchev–Trinajstić information content (AvgIpc) is 2.54. The molecule has 1 fully saturated rings. The van der Waals surface area contributed by atoms with Crippen LogP contribution in [-0.2, 0) is 9.47 Å². The van der Waals surface area contributed by atoms with Crippen molar-refractivity contribution in [3.63, 3.8) is 0 Å². The minimum absolute atomic E-state index is 0.622. The van der Waals surface area contributed by atoms with E-state index in [1.54, 1.807) is 7.11 Å². The van der Waals surface area contributed by atoms with Crippen molar-refractivity contribution in [1.82, 2.24) is 10.2 Å². The summed E-state index contributed by atoms with van der Waals surface area (Å²) >= 11 is 0. The molecule has 0 aromatic carbocycles. The lowest BCUT2D eigenvalue weighted by Crippen LogP contribution is -2.42. The number of ether oxygens (including phenoxy) is 2. The molecule has 102 valence electrons. The van der Waals surface area contributed by atoms with E-state index < -0.39 is 0 Å². The van der Waals surface area contributed by atoms with Crippen LogP contribution in [0.1, 0.15) is 20.3 Å². The average molecular weight is 244 g/mol. The zero-order valence-electron chi connectivity index (χ0n) is 11.6. The van der Waals surface area contributed by atoms with E-state index in [0.717, 1.165) is 26.2 Å². The second kappa shape index (κ2) is 8.86. The van der Waals surface area contributed by atoms with Crippen LogP contribution in [-0.4, -0.2) is 64.1 Å². The fraction of sp³-hybridized carbons (Fsp3) is 1.00. The molecule has 0 radical (unpaired) electrons. The van der Waals surface area contributed by atoms with Crippen LogP contribution in [0.4, 0.5) is 0 Å². The highest BCUT2D eigenvalue weighted by molar-refractivity contribution is 4.78. The number of methoxy groups -OCH3 is 1. The number of nitrogens with zero attached hydrogens (tertiary/aromatic N) is 1. The van der Waals surface area contributed by atoms with Crippen molar-refractivity contribution < 1.29 is 9.47 Å². The van der Waals surface area contributed by atoms with Crippen molar-refractivity contribution >= 4 is 0 Å². The predicted octanol–water partition coefficient (Wildman–Crippen LogP) is 0.969. The molecular formula is C13H28N2O2. The fourth-order valence-electron chi connectivity index (χ4n) is 2.11. The molecule has 1 rings (SSSR count). The summed E-state index contributed by atoms with van der Waals surface area (Å²) in [5, 5.41) is 3.62. The van der Waals surface area contributed by atoms with Crippen LogP contribution in [0, 0.1) is 5.92 Å². The number of hydrogen-bond donors (Lipinski definition) is 1. The first kappa shape index (κ1) is 14.9. The van der Waals surface area contributed by atoms with Gasteiger partial charge in [0.05, 0.1) is 19.8 Å². The molecular weight excluding hydrogens is 216 g/mol. The van der Waals surface area contributed by atoms with Gasteiger partial charge in [0.25, 0.3) is 0 Å². The van der Waals surface area contributed by atoms with Gasteiger partial charge in [-0.25, -0.2) is 0 Å². The molecule has 1 unspecified atom stereocenters. The Hall–Kier alpha value is -0.160. The van der Waals surface area contributed by atoms with Crippen LogP contribution in [0.5, 0.6) is 0 Å². The van der Waals surface area contributed by atoms with E-state index in [0.29, 0.717) is 25.2 Å². The van der Waals surface area contributed by atoms with Crippen molar-refractivity contribution in [2.75, 3.05) is 53.1 Å². The maximum absolute atomic E-state index is 5.53. The second-order valence-electron chi connectivity index (χ2n) is 5.06. The van der Waals surface area contributed by atoms with Gasteiger partial charge in [0, 0.05) is 26.2 Å². The van der Waals surface area contributed by atoms with Crippen LogP contribution in [0.25, 0.3) is 0 Å². The van der Waals surface area contributed by atoms with Gasteiger partial charge in [0.1, 0.15) is 0 Å². The van der Waals surface area contributed by atoms with Gasteiger partial charge in [-0.15, -0.1) is 0 Å². The molecule has 1 atom stereocenters. The molecule has 1 aliphatic heterocycles. The molecule has 17 heavy (non-hydrogen) atoms. The van der Waals surface area contributed by atoms with Gasteiger partial charge in [-0.3, -0.25) is 4.90 Å². The van der Waals surface area contributed by atoms with Crippen LogP contribution < -0.4 is 5.32 Å². The Labute approximate surface area is 106 Å². The first-order valence-corrected chi connectivity index (χ1v) is 6.76. The van der Waals surface area contributed by atoms with Crippen LogP contribution in [0.2, 0.25) is 0 Å². The number of nitrogens with one attached hydrogen (secondary N) is 1. The minimum atomic E-state index is 0.622. The Bertz CT molecular complexity index is 188. The lowest BCUT2D eigenvalue weighted by Gasteiger charge is -2.26. The van der Waals surface area contributed by atoms with Gasteiger partial charge in [-0.1, -0.05) is 13.8 Å². The highest BCUT2D eigenvalue weighted by Crippen LogP contribution is 2.08. The summed E-state index contributed by atoms with van der Waals surface area (Å²) in [5.74, 6) is 0.699. The first-order valence-electron chi connectivity index (χ1n) is 6.76. The molecule has 0 saturated carbocycles. The molecule has 0 amide bonds. The van der Waals surface area contributed by atoms with E-state index >= 15 is 0 Å². The van der Waals surface area contributed by atoms with E-state index in [-0.39, 0.29) is 0 Å². The molecule has 1 heterocycles. The smallest absolute Gasteiger partial charge is 0.0700 e. The summed E-state index contributed by atoms with van der Waals surface area (Å²) in [6.45, 7) is 11.3. The molecule has 4 heteroatoms. The molecule has 1 N–H and O–H groups in total. The summed E-state index contributed by atoms with van der Waals surface area (Å²) in [5.41, 5.74) is 0.